The van der Waals surface area contributed by atoms with E-state index in [1.807, 2.05) is 12.1 Å². The molecule has 0 aliphatic carbocycles. The van der Waals surface area contributed by atoms with Crippen LogP contribution in [0.15, 0.2) is 91.0 Å². The summed E-state index contributed by atoms with van der Waals surface area (Å²) in [5, 5.41) is 9.89. The van der Waals surface area contributed by atoms with Gasteiger partial charge in [0, 0.05) is 5.92 Å². The minimum absolute atomic E-state index is 0.0205. The van der Waals surface area contributed by atoms with Crippen LogP contribution in [0.25, 0.3) is 0 Å². The highest BCUT2D eigenvalue weighted by Crippen LogP contribution is 2.40. The van der Waals surface area contributed by atoms with Crippen molar-refractivity contribution >= 4 is 17.8 Å². The highest BCUT2D eigenvalue weighted by atomic mass is 16.5. The first kappa shape index (κ1) is 21.0. The zero-order chi connectivity index (χ0) is 22.5. The normalized spacial score (nSPS) is 20.5. The largest absolute Gasteiger partial charge is 0.426 e. The molecule has 32 heavy (non-hydrogen) atoms. The summed E-state index contributed by atoms with van der Waals surface area (Å²) in [5.74, 6) is -5.25. The van der Waals surface area contributed by atoms with E-state index in [2.05, 4.69) is 0 Å². The minimum Gasteiger partial charge on any atom is -0.426 e. The van der Waals surface area contributed by atoms with Crippen LogP contribution in [0.5, 0.6) is 5.75 Å². The molecule has 0 saturated carbocycles. The fourth-order valence-electron chi connectivity index (χ4n) is 3.98. The van der Waals surface area contributed by atoms with Crippen LogP contribution in [0, 0.1) is 23.2 Å². The number of likely N-dealkylation sites (tertiary alicyclic amines) is 1. The molecule has 3 unspecified atom stereocenters. The lowest BCUT2D eigenvalue weighted by Crippen LogP contribution is -2.55. The van der Waals surface area contributed by atoms with Gasteiger partial charge in [-0.25, -0.2) is 0 Å². The van der Waals surface area contributed by atoms with Gasteiger partial charge in [-0.05, 0) is 23.3 Å². The Morgan fingerprint density at radius 2 is 1.41 bits per heavy atom. The van der Waals surface area contributed by atoms with Crippen molar-refractivity contribution < 1.29 is 19.1 Å². The summed E-state index contributed by atoms with van der Waals surface area (Å²) in [7, 11) is 0. The van der Waals surface area contributed by atoms with E-state index in [9.17, 15) is 19.6 Å². The Balaban J connectivity index is 1.75. The topological polar surface area (TPSA) is 87.5 Å². The quantitative estimate of drug-likeness (QED) is 0.270. The lowest BCUT2D eigenvalue weighted by molar-refractivity contribution is -0.162. The second-order valence-electron chi connectivity index (χ2n) is 7.50. The Hall–Kier alpha value is -4.24. The summed E-state index contributed by atoms with van der Waals surface area (Å²) in [6.45, 7) is -0.0205. The van der Waals surface area contributed by atoms with Crippen LogP contribution in [0.4, 0.5) is 0 Å². The molecule has 4 rings (SSSR count). The molecule has 0 aromatic heterocycles. The molecule has 1 aliphatic heterocycles. The first-order valence-corrected chi connectivity index (χ1v) is 10.2. The van der Waals surface area contributed by atoms with Gasteiger partial charge in [-0.15, -0.1) is 0 Å². The van der Waals surface area contributed by atoms with E-state index in [0.717, 1.165) is 10.5 Å². The van der Waals surface area contributed by atoms with Crippen molar-refractivity contribution in [3.05, 3.63) is 102 Å². The Labute approximate surface area is 185 Å². The standard InChI is InChI=1S/C26H20N2O4/c27-16-21-22(19-12-6-2-7-13-19)23(26(31)32-20-14-8-3-9-15-20)25(30)28(24(21)29)17-18-10-4-1-5-11-18/h1-15,21-23H,17H2. The van der Waals surface area contributed by atoms with Gasteiger partial charge in [-0.1, -0.05) is 78.9 Å². The summed E-state index contributed by atoms with van der Waals surface area (Å²) in [6.07, 6.45) is 0. The third-order valence-corrected chi connectivity index (χ3v) is 5.51. The van der Waals surface area contributed by atoms with Crippen molar-refractivity contribution in [3.63, 3.8) is 0 Å². The van der Waals surface area contributed by atoms with Gasteiger partial charge in [0.05, 0.1) is 12.6 Å². The number of hydrogen-bond donors (Lipinski definition) is 0. The zero-order valence-corrected chi connectivity index (χ0v) is 17.1. The third-order valence-electron chi connectivity index (χ3n) is 5.51. The van der Waals surface area contributed by atoms with E-state index in [1.165, 1.54) is 0 Å². The fraction of sp³-hybridized carbons (Fsp3) is 0.154. The molecular formula is C26H20N2O4. The number of rotatable bonds is 5. The summed E-state index contributed by atoms with van der Waals surface area (Å²) in [4.78, 5) is 41.0. The highest BCUT2D eigenvalue weighted by molar-refractivity contribution is 6.10. The van der Waals surface area contributed by atoms with Gasteiger partial charge in [0.1, 0.15) is 17.6 Å². The minimum atomic E-state index is -1.33. The number of nitrogens with zero attached hydrogens (tertiary/aromatic N) is 2. The average Bonchev–Trinajstić information content (AvgIpc) is 2.83. The highest BCUT2D eigenvalue weighted by Gasteiger charge is 2.53. The van der Waals surface area contributed by atoms with Gasteiger partial charge in [0.15, 0.2) is 0 Å². The van der Waals surface area contributed by atoms with Crippen LogP contribution in [0.3, 0.4) is 0 Å². The van der Waals surface area contributed by atoms with Crippen LogP contribution in [0.2, 0.25) is 0 Å². The Bertz CT molecular complexity index is 1160. The number of piperidine rings is 1. The Kier molecular flexibility index (Phi) is 6.09. The summed E-state index contributed by atoms with van der Waals surface area (Å²) >= 11 is 0. The number of nitriles is 1. The van der Waals surface area contributed by atoms with Gasteiger partial charge in [-0.3, -0.25) is 19.3 Å². The predicted octanol–water partition coefficient (Wildman–Crippen LogP) is 3.70. The molecule has 1 aliphatic rings. The van der Waals surface area contributed by atoms with Crippen LogP contribution >= 0.6 is 0 Å². The summed E-state index contributed by atoms with van der Waals surface area (Å²) in [6, 6.07) is 28.1. The molecule has 0 N–H and O–H groups in total. The van der Waals surface area contributed by atoms with Crippen molar-refractivity contribution in [3.8, 4) is 11.8 Å². The van der Waals surface area contributed by atoms with Gasteiger partial charge in [0.2, 0.25) is 11.8 Å². The lowest BCUT2D eigenvalue weighted by Gasteiger charge is -2.38. The van der Waals surface area contributed by atoms with Crippen molar-refractivity contribution in [1.82, 2.24) is 4.90 Å². The molecule has 3 aromatic carbocycles. The SMILES string of the molecule is N#CC1C(=O)N(Cc2ccccc2)C(=O)C(C(=O)Oc2ccccc2)C1c1ccccc1. The first-order valence-electron chi connectivity index (χ1n) is 10.2. The number of ether oxygens (including phenoxy) is 1. The van der Waals surface area contributed by atoms with Crippen LogP contribution in [0.1, 0.15) is 17.0 Å². The average molecular weight is 424 g/mol. The molecule has 1 heterocycles. The molecule has 6 nitrogen and oxygen atoms in total. The lowest BCUT2D eigenvalue weighted by atomic mass is 9.73. The first-order chi connectivity index (χ1) is 15.6. The number of hydrogen-bond acceptors (Lipinski definition) is 5. The number of benzene rings is 3. The van der Waals surface area contributed by atoms with E-state index in [4.69, 9.17) is 4.74 Å². The Morgan fingerprint density at radius 3 is 2.00 bits per heavy atom. The van der Waals surface area contributed by atoms with E-state index in [-0.39, 0.29) is 12.3 Å². The second kappa shape index (κ2) is 9.27. The van der Waals surface area contributed by atoms with Crippen molar-refractivity contribution in [2.24, 2.45) is 11.8 Å². The maximum Gasteiger partial charge on any atom is 0.324 e. The van der Waals surface area contributed by atoms with Gasteiger partial charge < -0.3 is 4.74 Å². The second-order valence-corrected chi connectivity index (χ2v) is 7.50. The van der Waals surface area contributed by atoms with Gasteiger partial charge >= 0.3 is 5.97 Å². The fourth-order valence-corrected chi connectivity index (χ4v) is 3.98. The van der Waals surface area contributed by atoms with Crippen LogP contribution in [-0.4, -0.2) is 22.7 Å². The molecule has 0 radical (unpaired) electrons. The number of amides is 2. The number of para-hydroxylation sites is 1. The number of esters is 1. The summed E-state index contributed by atoms with van der Waals surface area (Å²) in [5.41, 5.74) is 1.29. The molecule has 1 saturated heterocycles. The molecule has 2 amide bonds. The van der Waals surface area contributed by atoms with E-state index < -0.39 is 35.5 Å². The number of imide groups is 1. The number of carbonyl (C=O) groups excluding carboxylic acids is 3. The zero-order valence-electron chi connectivity index (χ0n) is 17.1. The monoisotopic (exact) mass is 424 g/mol. The maximum absolute atomic E-state index is 13.5. The molecule has 3 aromatic rings. The van der Waals surface area contributed by atoms with Gasteiger partial charge in [-0.2, -0.15) is 5.26 Å². The van der Waals surface area contributed by atoms with E-state index >= 15 is 0 Å². The van der Waals surface area contributed by atoms with Gasteiger partial charge in [0.25, 0.3) is 0 Å². The van der Waals surface area contributed by atoms with E-state index in [0.29, 0.717) is 5.56 Å². The van der Waals surface area contributed by atoms with Crippen molar-refractivity contribution in [2.75, 3.05) is 0 Å². The van der Waals surface area contributed by atoms with Crippen LogP contribution < -0.4 is 4.74 Å². The smallest absolute Gasteiger partial charge is 0.324 e. The molecular weight excluding hydrogens is 404 g/mol. The molecule has 0 bridgehead atoms. The van der Waals surface area contributed by atoms with Crippen molar-refractivity contribution in [2.45, 2.75) is 12.5 Å². The summed E-state index contributed by atoms with van der Waals surface area (Å²) < 4.78 is 5.50. The molecule has 1 fully saturated rings. The van der Waals surface area contributed by atoms with Crippen molar-refractivity contribution in [1.29, 1.82) is 5.26 Å². The molecule has 0 spiro atoms. The molecule has 158 valence electrons. The maximum atomic E-state index is 13.5. The molecule has 6 heteroatoms. The predicted molar refractivity (Wildman–Crippen MR) is 116 cm³/mol. The molecule has 3 atom stereocenters. The van der Waals surface area contributed by atoms with Crippen LogP contribution in [-0.2, 0) is 20.9 Å². The number of carbonyl (C=O) groups is 3. The van der Waals surface area contributed by atoms with E-state index in [1.54, 1.807) is 84.9 Å². The third kappa shape index (κ3) is 4.14. The Morgan fingerprint density at radius 1 is 0.844 bits per heavy atom.